The number of hydrogen-bond acceptors (Lipinski definition) is 4. The van der Waals surface area contributed by atoms with E-state index in [4.69, 9.17) is 0 Å². The van der Waals surface area contributed by atoms with Gasteiger partial charge in [0.1, 0.15) is 5.69 Å². The summed E-state index contributed by atoms with van der Waals surface area (Å²) in [6.07, 6.45) is -1.30. The molecule has 0 aliphatic rings. The summed E-state index contributed by atoms with van der Waals surface area (Å²) < 4.78 is 41.4. The molecule has 2 heterocycles. The van der Waals surface area contributed by atoms with Gasteiger partial charge >= 0.3 is 6.18 Å². The molecule has 108 valence electrons. The average molecular weight is 288 g/mol. The normalized spacial score (nSPS) is 13.2. The molecule has 0 saturated heterocycles. The molecule has 0 aliphatic carbocycles. The van der Waals surface area contributed by atoms with E-state index in [1.807, 2.05) is 5.32 Å². The molecule has 1 unspecified atom stereocenters. The number of aryl methyl sites for hydroxylation is 2. The van der Waals surface area contributed by atoms with Gasteiger partial charge in [0.05, 0.1) is 12.4 Å². The number of halogens is 3. The van der Waals surface area contributed by atoms with Crippen molar-refractivity contribution in [2.45, 2.75) is 12.2 Å². The molecule has 0 aromatic carbocycles. The lowest BCUT2D eigenvalue weighted by atomic mass is 10.1. The van der Waals surface area contributed by atoms with Crippen molar-refractivity contribution in [1.29, 1.82) is 0 Å². The minimum absolute atomic E-state index is 0.0665. The predicted molar refractivity (Wildman–Crippen MR) is 60.5 cm³/mol. The zero-order valence-electron chi connectivity index (χ0n) is 10.6. The molecule has 0 fully saturated rings. The van der Waals surface area contributed by atoms with Gasteiger partial charge in [0.25, 0.3) is 5.91 Å². The Kier molecular flexibility index (Phi) is 3.47. The average Bonchev–Trinajstić information content (AvgIpc) is 2.93. The van der Waals surface area contributed by atoms with Crippen molar-refractivity contribution in [3.05, 3.63) is 29.8 Å². The van der Waals surface area contributed by atoms with Gasteiger partial charge in [0.15, 0.2) is 6.04 Å². The van der Waals surface area contributed by atoms with E-state index in [9.17, 15) is 18.0 Å². The standard InChI is InChI=1S/C10H11F3N6O/c1-18-5-6(3-15-18)8(10(11,12)13)16-9(20)7-4-14-17-19(7)2/h3-5,8H,1-2H3,(H,16,20). The maximum Gasteiger partial charge on any atom is 0.413 e. The van der Waals surface area contributed by atoms with Gasteiger partial charge in [-0.2, -0.15) is 18.3 Å². The second-order valence-electron chi connectivity index (χ2n) is 4.14. The Bertz CT molecular complexity index is 617. The number of hydrogen-bond donors (Lipinski definition) is 1. The Balaban J connectivity index is 2.26. The molecule has 0 saturated carbocycles. The van der Waals surface area contributed by atoms with Crippen molar-refractivity contribution in [3.63, 3.8) is 0 Å². The molecular formula is C10H11F3N6O. The summed E-state index contributed by atoms with van der Waals surface area (Å²) >= 11 is 0. The molecule has 1 amide bonds. The summed E-state index contributed by atoms with van der Waals surface area (Å²) in [5.41, 5.74) is -0.216. The molecule has 0 bridgehead atoms. The fourth-order valence-electron chi connectivity index (χ4n) is 1.64. The third-order valence-corrected chi connectivity index (χ3v) is 2.61. The number of amides is 1. The number of aromatic nitrogens is 5. The largest absolute Gasteiger partial charge is 0.413 e. The Morgan fingerprint density at radius 2 is 2.05 bits per heavy atom. The van der Waals surface area contributed by atoms with E-state index in [-0.39, 0.29) is 11.3 Å². The summed E-state index contributed by atoms with van der Waals surface area (Å²) in [4.78, 5) is 11.8. The third kappa shape index (κ3) is 2.78. The van der Waals surface area contributed by atoms with Gasteiger partial charge in [0.2, 0.25) is 0 Å². The minimum atomic E-state index is -4.63. The van der Waals surface area contributed by atoms with E-state index in [1.165, 1.54) is 25.0 Å². The fraction of sp³-hybridized carbons (Fsp3) is 0.400. The van der Waals surface area contributed by atoms with Gasteiger partial charge in [-0.3, -0.25) is 9.48 Å². The van der Waals surface area contributed by atoms with Crippen LogP contribution in [-0.4, -0.2) is 36.9 Å². The van der Waals surface area contributed by atoms with Crippen LogP contribution in [0.2, 0.25) is 0 Å². The molecule has 1 N–H and O–H groups in total. The van der Waals surface area contributed by atoms with Crippen LogP contribution in [0.15, 0.2) is 18.6 Å². The lowest BCUT2D eigenvalue weighted by molar-refractivity contribution is -0.155. The number of carbonyl (C=O) groups excluding carboxylic acids is 1. The minimum Gasteiger partial charge on any atom is -0.335 e. The Morgan fingerprint density at radius 1 is 1.35 bits per heavy atom. The Labute approximate surface area is 111 Å². The van der Waals surface area contributed by atoms with Crippen LogP contribution in [0.5, 0.6) is 0 Å². The third-order valence-electron chi connectivity index (χ3n) is 2.61. The van der Waals surface area contributed by atoms with Gasteiger partial charge in [-0.15, -0.1) is 5.10 Å². The maximum absolute atomic E-state index is 13.0. The first-order chi connectivity index (χ1) is 9.29. The summed E-state index contributed by atoms with van der Waals surface area (Å²) in [7, 11) is 2.90. The van der Waals surface area contributed by atoms with E-state index in [0.29, 0.717) is 0 Å². The lowest BCUT2D eigenvalue weighted by Gasteiger charge is -2.20. The molecule has 2 aromatic heterocycles. The van der Waals surface area contributed by atoms with Gasteiger partial charge in [-0.05, 0) is 0 Å². The number of nitrogens with one attached hydrogen (secondary N) is 1. The van der Waals surface area contributed by atoms with Crippen LogP contribution >= 0.6 is 0 Å². The topological polar surface area (TPSA) is 77.6 Å². The van der Waals surface area contributed by atoms with E-state index >= 15 is 0 Å². The molecule has 0 aliphatic heterocycles. The zero-order valence-corrected chi connectivity index (χ0v) is 10.6. The molecule has 10 heteroatoms. The van der Waals surface area contributed by atoms with E-state index in [0.717, 1.165) is 17.1 Å². The maximum atomic E-state index is 13.0. The van der Waals surface area contributed by atoms with Crippen LogP contribution < -0.4 is 5.32 Å². The van der Waals surface area contributed by atoms with Crippen molar-refractivity contribution < 1.29 is 18.0 Å². The van der Waals surface area contributed by atoms with Crippen LogP contribution in [0.1, 0.15) is 22.1 Å². The van der Waals surface area contributed by atoms with Crippen molar-refractivity contribution in [3.8, 4) is 0 Å². The summed E-state index contributed by atoms with van der Waals surface area (Å²) in [6, 6.07) is -2.14. The quantitative estimate of drug-likeness (QED) is 0.896. The monoisotopic (exact) mass is 288 g/mol. The highest BCUT2D eigenvalue weighted by atomic mass is 19.4. The van der Waals surface area contributed by atoms with Crippen molar-refractivity contribution in [2.24, 2.45) is 14.1 Å². The molecule has 2 aromatic rings. The molecule has 0 radical (unpaired) electrons. The molecule has 7 nitrogen and oxygen atoms in total. The van der Waals surface area contributed by atoms with Crippen LogP contribution in [-0.2, 0) is 14.1 Å². The first kappa shape index (κ1) is 14.0. The summed E-state index contributed by atoms with van der Waals surface area (Å²) in [6.45, 7) is 0. The Hall–Kier alpha value is -2.39. The van der Waals surface area contributed by atoms with Gasteiger partial charge in [0, 0.05) is 25.9 Å². The van der Waals surface area contributed by atoms with Gasteiger partial charge < -0.3 is 5.32 Å². The fourth-order valence-corrected chi connectivity index (χ4v) is 1.64. The summed E-state index contributed by atoms with van der Waals surface area (Å²) in [5.74, 6) is -0.913. The van der Waals surface area contributed by atoms with E-state index in [2.05, 4.69) is 15.4 Å². The van der Waals surface area contributed by atoms with Gasteiger partial charge in [-0.25, -0.2) is 4.68 Å². The van der Waals surface area contributed by atoms with Crippen molar-refractivity contribution in [2.75, 3.05) is 0 Å². The van der Waals surface area contributed by atoms with Crippen LogP contribution in [0, 0.1) is 0 Å². The lowest BCUT2D eigenvalue weighted by Crippen LogP contribution is -2.38. The molecule has 1 atom stereocenters. The highest BCUT2D eigenvalue weighted by Gasteiger charge is 2.43. The van der Waals surface area contributed by atoms with Crippen LogP contribution in [0.25, 0.3) is 0 Å². The SMILES string of the molecule is Cn1cc(C(NC(=O)c2cnnn2C)C(F)(F)F)cn1. The Morgan fingerprint density at radius 3 is 2.50 bits per heavy atom. The number of rotatable bonds is 3. The number of alkyl halides is 3. The molecule has 0 spiro atoms. The van der Waals surface area contributed by atoms with Crippen molar-refractivity contribution in [1.82, 2.24) is 30.1 Å². The highest BCUT2D eigenvalue weighted by molar-refractivity contribution is 5.92. The molecule has 20 heavy (non-hydrogen) atoms. The highest BCUT2D eigenvalue weighted by Crippen LogP contribution is 2.32. The smallest absolute Gasteiger partial charge is 0.335 e. The van der Waals surface area contributed by atoms with Crippen LogP contribution in [0.3, 0.4) is 0 Å². The van der Waals surface area contributed by atoms with Crippen LogP contribution in [0.4, 0.5) is 13.2 Å². The second-order valence-corrected chi connectivity index (χ2v) is 4.14. The first-order valence-corrected chi connectivity index (χ1v) is 5.50. The predicted octanol–water partition coefficient (Wildman–Crippen LogP) is 0.582. The summed E-state index contributed by atoms with van der Waals surface area (Å²) in [5, 5.41) is 12.5. The van der Waals surface area contributed by atoms with Gasteiger partial charge in [-0.1, -0.05) is 5.21 Å². The number of carbonyl (C=O) groups is 1. The second kappa shape index (κ2) is 4.94. The van der Waals surface area contributed by atoms with Crippen molar-refractivity contribution >= 4 is 5.91 Å². The van der Waals surface area contributed by atoms with E-state index in [1.54, 1.807) is 0 Å². The molecule has 2 rings (SSSR count). The number of nitrogens with zero attached hydrogens (tertiary/aromatic N) is 5. The van der Waals surface area contributed by atoms with E-state index < -0.39 is 18.1 Å². The zero-order chi connectivity index (χ0) is 14.9. The molecular weight excluding hydrogens is 277 g/mol. The first-order valence-electron chi connectivity index (χ1n) is 5.50.